The first-order valence-electron chi connectivity index (χ1n) is 12.3. The van der Waals surface area contributed by atoms with E-state index in [-0.39, 0.29) is 30.6 Å². The first kappa shape index (κ1) is 26.0. The summed E-state index contributed by atoms with van der Waals surface area (Å²) in [6.45, 7) is 9.86. The third-order valence-corrected chi connectivity index (χ3v) is 7.43. The quantitative estimate of drug-likeness (QED) is 0.298. The predicted molar refractivity (Wildman–Crippen MR) is 129 cm³/mol. The molecule has 0 spiro atoms. The van der Waals surface area contributed by atoms with E-state index in [9.17, 15) is 15.0 Å². The van der Waals surface area contributed by atoms with Crippen molar-refractivity contribution in [3.63, 3.8) is 0 Å². The van der Waals surface area contributed by atoms with E-state index in [1.807, 2.05) is 44.2 Å². The van der Waals surface area contributed by atoms with Crippen molar-refractivity contribution >= 4 is 5.78 Å². The molecule has 3 rings (SSSR count). The summed E-state index contributed by atoms with van der Waals surface area (Å²) in [7, 11) is 0. The van der Waals surface area contributed by atoms with Gasteiger partial charge in [0.25, 0.3) is 0 Å². The standard InChI is InChI=1S/C27H41NO5/c1-5-23(33-18-32-17-21-10-7-6-8-11-21)19(2)13-14-20(3)25(29)22-16-28-15-9-12-24(28)27(4,31)26(22)30/h6-8,10-11,13,20,22-25,29,31H,5,9,12,14-18H2,1-4H3/b19-13+/t20-,22?,23+,24+,25?,27-/m1/s1. The summed E-state index contributed by atoms with van der Waals surface area (Å²) < 4.78 is 11.6. The third kappa shape index (κ3) is 6.31. The minimum Gasteiger partial charge on any atom is -0.392 e. The van der Waals surface area contributed by atoms with E-state index in [2.05, 4.69) is 17.9 Å². The van der Waals surface area contributed by atoms with Gasteiger partial charge in [0.2, 0.25) is 0 Å². The molecule has 2 fully saturated rings. The molecule has 33 heavy (non-hydrogen) atoms. The van der Waals surface area contributed by atoms with Crippen LogP contribution >= 0.6 is 0 Å². The average molecular weight is 460 g/mol. The number of ether oxygens (including phenoxy) is 2. The molecule has 2 unspecified atom stereocenters. The molecular weight excluding hydrogens is 418 g/mol. The molecule has 0 radical (unpaired) electrons. The molecule has 6 heteroatoms. The Kier molecular flexibility index (Phi) is 9.25. The highest BCUT2D eigenvalue weighted by atomic mass is 16.7. The van der Waals surface area contributed by atoms with Crippen LogP contribution in [0.5, 0.6) is 0 Å². The first-order chi connectivity index (χ1) is 15.8. The van der Waals surface area contributed by atoms with Crippen LogP contribution < -0.4 is 0 Å². The Balaban J connectivity index is 1.50. The molecular formula is C27H41NO5. The number of piperidine rings is 1. The van der Waals surface area contributed by atoms with E-state index in [0.29, 0.717) is 19.6 Å². The number of aliphatic hydroxyl groups is 2. The lowest BCUT2D eigenvalue weighted by molar-refractivity contribution is -0.161. The Morgan fingerprint density at radius 2 is 2.06 bits per heavy atom. The van der Waals surface area contributed by atoms with Gasteiger partial charge in [-0.1, -0.05) is 50.3 Å². The van der Waals surface area contributed by atoms with E-state index in [1.165, 1.54) is 0 Å². The van der Waals surface area contributed by atoms with Gasteiger partial charge in [0.15, 0.2) is 5.78 Å². The Hall–Kier alpha value is -1.57. The van der Waals surface area contributed by atoms with Crippen LogP contribution in [0.25, 0.3) is 0 Å². The normalized spacial score (nSPS) is 29.0. The number of Topliss-reactive ketones (excluding diaryl/α,β-unsaturated/α-hetero) is 1. The first-order valence-corrected chi connectivity index (χ1v) is 12.3. The summed E-state index contributed by atoms with van der Waals surface area (Å²) in [6.07, 6.45) is 4.57. The Bertz CT molecular complexity index is 793. The van der Waals surface area contributed by atoms with E-state index in [1.54, 1.807) is 6.92 Å². The second-order valence-corrected chi connectivity index (χ2v) is 9.94. The SMILES string of the molecule is CC[C@H](OCOCc1ccccc1)/C(C)=C/C[C@@H](C)C(O)C1CN2CCC[C@H]2[C@@](C)(O)C1=O. The monoisotopic (exact) mass is 459 g/mol. The topological polar surface area (TPSA) is 79.2 Å². The van der Waals surface area contributed by atoms with E-state index >= 15 is 0 Å². The fourth-order valence-electron chi connectivity index (χ4n) is 5.29. The molecule has 0 saturated carbocycles. The molecule has 1 aromatic rings. The molecule has 6 atom stereocenters. The van der Waals surface area contributed by atoms with Crippen molar-refractivity contribution in [2.45, 2.75) is 83.8 Å². The van der Waals surface area contributed by atoms with Crippen molar-refractivity contribution in [1.29, 1.82) is 0 Å². The van der Waals surface area contributed by atoms with E-state index in [4.69, 9.17) is 9.47 Å². The smallest absolute Gasteiger partial charge is 0.172 e. The molecule has 2 N–H and O–H groups in total. The lowest BCUT2D eigenvalue weighted by Crippen LogP contribution is -2.64. The average Bonchev–Trinajstić information content (AvgIpc) is 3.30. The highest BCUT2D eigenvalue weighted by molar-refractivity contribution is 5.91. The molecule has 0 aromatic heterocycles. The van der Waals surface area contributed by atoms with Crippen LogP contribution in [0.1, 0.15) is 58.9 Å². The maximum atomic E-state index is 13.0. The van der Waals surface area contributed by atoms with Crippen molar-refractivity contribution in [3.05, 3.63) is 47.5 Å². The minimum absolute atomic E-state index is 0.0486. The van der Waals surface area contributed by atoms with E-state index < -0.39 is 17.6 Å². The van der Waals surface area contributed by atoms with Gasteiger partial charge in [-0.2, -0.15) is 0 Å². The van der Waals surface area contributed by atoms with Crippen LogP contribution in [0.15, 0.2) is 42.0 Å². The fourth-order valence-corrected chi connectivity index (χ4v) is 5.29. The van der Waals surface area contributed by atoms with Crippen LogP contribution in [0.4, 0.5) is 0 Å². The lowest BCUT2D eigenvalue weighted by Gasteiger charge is -2.45. The van der Waals surface area contributed by atoms with Crippen molar-refractivity contribution in [3.8, 4) is 0 Å². The molecule has 2 aliphatic rings. The van der Waals surface area contributed by atoms with Crippen molar-refractivity contribution in [2.24, 2.45) is 11.8 Å². The Morgan fingerprint density at radius 3 is 2.76 bits per heavy atom. The van der Waals surface area contributed by atoms with Crippen molar-refractivity contribution in [1.82, 2.24) is 4.90 Å². The van der Waals surface area contributed by atoms with Gasteiger partial charge in [-0.15, -0.1) is 0 Å². The minimum atomic E-state index is -1.38. The molecule has 2 heterocycles. The van der Waals surface area contributed by atoms with Crippen LogP contribution in [0.2, 0.25) is 0 Å². The number of aliphatic hydroxyl groups excluding tert-OH is 1. The van der Waals surface area contributed by atoms with Crippen LogP contribution in [0.3, 0.4) is 0 Å². The Labute approximate surface area is 198 Å². The number of rotatable bonds is 11. The number of allylic oxidation sites excluding steroid dienone is 1. The van der Waals surface area contributed by atoms with Crippen LogP contribution in [-0.2, 0) is 20.9 Å². The van der Waals surface area contributed by atoms with Gasteiger partial charge in [-0.3, -0.25) is 9.69 Å². The van der Waals surface area contributed by atoms with Gasteiger partial charge in [0, 0.05) is 12.6 Å². The summed E-state index contributed by atoms with van der Waals surface area (Å²) in [5.41, 5.74) is 0.828. The zero-order valence-corrected chi connectivity index (χ0v) is 20.6. The largest absolute Gasteiger partial charge is 0.392 e. The van der Waals surface area contributed by atoms with E-state index in [0.717, 1.165) is 36.9 Å². The molecule has 184 valence electrons. The Morgan fingerprint density at radius 1 is 1.33 bits per heavy atom. The van der Waals surface area contributed by atoms with Crippen LogP contribution in [-0.4, -0.2) is 64.6 Å². The number of benzene rings is 1. The maximum absolute atomic E-state index is 13.0. The molecule has 6 nitrogen and oxygen atoms in total. The molecule has 0 amide bonds. The van der Waals surface area contributed by atoms with Gasteiger partial charge in [-0.05, 0) is 63.1 Å². The number of carbonyl (C=O) groups is 1. The number of fused-ring (bicyclic) bond motifs is 1. The molecule has 2 saturated heterocycles. The van der Waals surface area contributed by atoms with Crippen molar-refractivity contribution < 1.29 is 24.5 Å². The zero-order valence-electron chi connectivity index (χ0n) is 20.6. The summed E-state index contributed by atoms with van der Waals surface area (Å²) in [6, 6.07) is 9.89. The van der Waals surface area contributed by atoms with Gasteiger partial charge < -0.3 is 19.7 Å². The summed E-state index contributed by atoms with van der Waals surface area (Å²) in [5.74, 6) is -0.866. The number of hydrogen-bond donors (Lipinski definition) is 2. The van der Waals surface area contributed by atoms with Gasteiger partial charge in [-0.25, -0.2) is 0 Å². The molecule has 2 aliphatic heterocycles. The third-order valence-electron chi connectivity index (χ3n) is 7.43. The fraction of sp³-hybridized carbons (Fsp3) is 0.667. The maximum Gasteiger partial charge on any atom is 0.172 e. The number of ketones is 1. The van der Waals surface area contributed by atoms with Gasteiger partial charge >= 0.3 is 0 Å². The highest BCUT2D eigenvalue weighted by Crippen LogP contribution is 2.37. The van der Waals surface area contributed by atoms with Crippen LogP contribution in [0, 0.1) is 11.8 Å². The van der Waals surface area contributed by atoms with Gasteiger partial charge in [0.05, 0.1) is 24.7 Å². The molecule has 0 bridgehead atoms. The second kappa shape index (κ2) is 11.7. The molecule has 1 aromatic carbocycles. The van der Waals surface area contributed by atoms with Gasteiger partial charge in [0.1, 0.15) is 12.4 Å². The van der Waals surface area contributed by atoms with Crippen molar-refractivity contribution in [2.75, 3.05) is 19.9 Å². The number of carbonyl (C=O) groups excluding carboxylic acids is 1. The summed E-state index contributed by atoms with van der Waals surface area (Å²) in [4.78, 5) is 15.2. The number of nitrogens with zero attached hydrogens (tertiary/aromatic N) is 1. The zero-order chi connectivity index (χ0) is 24.0. The second-order valence-electron chi connectivity index (χ2n) is 9.94. The summed E-state index contributed by atoms with van der Waals surface area (Å²) >= 11 is 0. The highest BCUT2D eigenvalue weighted by Gasteiger charge is 2.53. The summed E-state index contributed by atoms with van der Waals surface area (Å²) in [5, 5.41) is 21.9. The molecule has 0 aliphatic carbocycles. The lowest BCUT2D eigenvalue weighted by atomic mass is 9.74. The predicted octanol–water partition coefficient (Wildman–Crippen LogP) is 3.70. The number of hydrogen-bond acceptors (Lipinski definition) is 6.